The summed E-state index contributed by atoms with van der Waals surface area (Å²) >= 11 is 5.97. The second-order valence-electron chi connectivity index (χ2n) is 5.28. The molecule has 0 aromatic heterocycles. The van der Waals surface area contributed by atoms with Crippen molar-refractivity contribution in [1.29, 1.82) is 5.26 Å². The summed E-state index contributed by atoms with van der Waals surface area (Å²) in [5.41, 5.74) is 0.290. The van der Waals surface area contributed by atoms with Gasteiger partial charge in [-0.25, -0.2) is 8.42 Å². The molecule has 21 heavy (non-hydrogen) atoms. The molecule has 114 valence electrons. The molecule has 0 aliphatic carbocycles. The Balaban J connectivity index is 2.40. The maximum atomic E-state index is 12.8. The molecule has 1 aliphatic rings. The molecule has 1 aromatic rings. The second-order valence-corrected chi connectivity index (χ2v) is 7.58. The van der Waals surface area contributed by atoms with Crippen molar-refractivity contribution in [3.05, 3.63) is 28.8 Å². The Bertz CT molecular complexity index is 652. The minimum Gasteiger partial charge on any atom is -0.207 e. The number of hydrogen-bond acceptors (Lipinski definition) is 3. The minimum atomic E-state index is -3.55. The fraction of sp³-hybridized carbons (Fsp3) is 0.533. The highest BCUT2D eigenvalue weighted by Crippen LogP contribution is 2.28. The van der Waals surface area contributed by atoms with E-state index in [1.54, 1.807) is 4.31 Å². The van der Waals surface area contributed by atoms with Gasteiger partial charge in [-0.3, -0.25) is 0 Å². The number of nitriles is 1. The Morgan fingerprint density at radius 1 is 1.38 bits per heavy atom. The second kappa shape index (κ2) is 6.78. The zero-order chi connectivity index (χ0) is 15.5. The SMILES string of the molecule is CCC1CCCCCN1S(=O)(=O)c1ccc(C#N)c(Cl)c1. The lowest BCUT2D eigenvalue weighted by atomic mass is 10.1. The highest BCUT2D eigenvalue weighted by molar-refractivity contribution is 7.89. The fourth-order valence-electron chi connectivity index (χ4n) is 2.76. The maximum Gasteiger partial charge on any atom is 0.243 e. The van der Waals surface area contributed by atoms with Gasteiger partial charge in [-0.2, -0.15) is 9.57 Å². The van der Waals surface area contributed by atoms with Gasteiger partial charge in [0.05, 0.1) is 15.5 Å². The van der Waals surface area contributed by atoms with Crippen LogP contribution in [0.25, 0.3) is 0 Å². The first-order valence-corrected chi connectivity index (χ1v) is 9.04. The van der Waals surface area contributed by atoms with Gasteiger partial charge in [0.15, 0.2) is 0 Å². The molecule has 0 bridgehead atoms. The lowest BCUT2D eigenvalue weighted by molar-refractivity contribution is 0.315. The van der Waals surface area contributed by atoms with Crippen molar-refractivity contribution in [1.82, 2.24) is 4.31 Å². The van der Waals surface area contributed by atoms with Crippen molar-refractivity contribution in [3.63, 3.8) is 0 Å². The van der Waals surface area contributed by atoms with Gasteiger partial charge >= 0.3 is 0 Å². The third-order valence-corrected chi connectivity index (χ3v) is 6.22. The zero-order valence-electron chi connectivity index (χ0n) is 12.0. The molecule has 1 fully saturated rings. The van der Waals surface area contributed by atoms with Crippen molar-refractivity contribution in [2.75, 3.05) is 6.54 Å². The van der Waals surface area contributed by atoms with Gasteiger partial charge in [0.1, 0.15) is 6.07 Å². The number of benzene rings is 1. The van der Waals surface area contributed by atoms with Crippen molar-refractivity contribution in [2.24, 2.45) is 0 Å². The average molecular weight is 327 g/mol. The summed E-state index contributed by atoms with van der Waals surface area (Å²) in [6.07, 6.45) is 4.73. The Morgan fingerprint density at radius 3 is 2.76 bits per heavy atom. The number of hydrogen-bond donors (Lipinski definition) is 0. The smallest absolute Gasteiger partial charge is 0.207 e. The van der Waals surface area contributed by atoms with E-state index in [9.17, 15) is 8.42 Å². The van der Waals surface area contributed by atoms with Crippen LogP contribution < -0.4 is 0 Å². The van der Waals surface area contributed by atoms with Crippen LogP contribution in [0.4, 0.5) is 0 Å². The van der Waals surface area contributed by atoms with Gasteiger partial charge in [-0.15, -0.1) is 0 Å². The molecule has 1 heterocycles. The Labute approximate surface area is 131 Å². The third-order valence-electron chi connectivity index (χ3n) is 3.96. The van der Waals surface area contributed by atoms with Crippen molar-refractivity contribution >= 4 is 21.6 Å². The minimum absolute atomic E-state index is 0.0481. The molecule has 0 amide bonds. The molecular formula is C15H19ClN2O2S. The van der Waals surface area contributed by atoms with E-state index in [0.29, 0.717) is 12.1 Å². The standard InChI is InChI=1S/C15H19ClN2O2S/c1-2-13-6-4-3-5-9-18(13)21(19,20)14-8-7-12(11-17)15(16)10-14/h7-8,10,13H,2-6,9H2,1H3. The largest absolute Gasteiger partial charge is 0.243 e. The van der Waals surface area contributed by atoms with E-state index in [-0.39, 0.29) is 16.0 Å². The molecule has 0 radical (unpaired) electrons. The summed E-state index contributed by atoms with van der Waals surface area (Å²) in [7, 11) is -3.55. The summed E-state index contributed by atoms with van der Waals surface area (Å²) in [4.78, 5) is 0.173. The van der Waals surface area contributed by atoms with Crippen LogP contribution in [-0.2, 0) is 10.0 Å². The summed E-state index contributed by atoms with van der Waals surface area (Å²) in [6, 6.07) is 6.31. The van der Waals surface area contributed by atoms with Crippen LogP contribution in [0.5, 0.6) is 0 Å². The fourth-order valence-corrected chi connectivity index (χ4v) is 4.84. The van der Waals surface area contributed by atoms with Crippen LogP contribution in [0, 0.1) is 11.3 Å². The quantitative estimate of drug-likeness (QED) is 0.853. The summed E-state index contributed by atoms with van der Waals surface area (Å²) < 4.78 is 27.3. The van der Waals surface area contributed by atoms with Gasteiger partial charge in [-0.05, 0) is 37.5 Å². The van der Waals surface area contributed by atoms with E-state index < -0.39 is 10.0 Å². The summed E-state index contributed by atoms with van der Waals surface area (Å²) in [5, 5.41) is 9.07. The van der Waals surface area contributed by atoms with Gasteiger partial charge in [0.2, 0.25) is 10.0 Å². The van der Waals surface area contributed by atoms with Crippen LogP contribution in [0.15, 0.2) is 23.1 Å². The van der Waals surface area contributed by atoms with E-state index in [1.807, 2.05) is 13.0 Å². The highest BCUT2D eigenvalue weighted by atomic mass is 35.5. The first-order valence-electron chi connectivity index (χ1n) is 7.22. The van der Waals surface area contributed by atoms with Gasteiger partial charge < -0.3 is 0 Å². The van der Waals surface area contributed by atoms with E-state index in [4.69, 9.17) is 16.9 Å². The van der Waals surface area contributed by atoms with Crippen LogP contribution in [-0.4, -0.2) is 25.3 Å². The van der Waals surface area contributed by atoms with E-state index in [1.165, 1.54) is 18.2 Å². The van der Waals surface area contributed by atoms with E-state index in [0.717, 1.165) is 32.1 Å². The summed E-state index contributed by atoms with van der Waals surface area (Å²) in [5.74, 6) is 0. The summed E-state index contributed by atoms with van der Waals surface area (Å²) in [6.45, 7) is 2.57. The predicted molar refractivity (Wildman–Crippen MR) is 82.6 cm³/mol. The maximum absolute atomic E-state index is 12.8. The van der Waals surface area contributed by atoms with Gasteiger partial charge in [0.25, 0.3) is 0 Å². The van der Waals surface area contributed by atoms with Crippen LogP contribution in [0.3, 0.4) is 0 Å². The first-order chi connectivity index (χ1) is 10.0. The molecule has 1 saturated heterocycles. The van der Waals surface area contributed by atoms with E-state index >= 15 is 0 Å². The average Bonchev–Trinajstić information content (AvgIpc) is 2.72. The molecule has 0 N–H and O–H groups in total. The number of sulfonamides is 1. The molecule has 4 nitrogen and oxygen atoms in total. The lowest BCUT2D eigenvalue weighted by Gasteiger charge is -2.28. The molecule has 1 aliphatic heterocycles. The monoisotopic (exact) mass is 326 g/mol. The number of rotatable bonds is 3. The predicted octanol–water partition coefficient (Wildman–Crippen LogP) is 3.55. The highest BCUT2D eigenvalue weighted by Gasteiger charge is 2.31. The third kappa shape index (κ3) is 3.39. The Morgan fingerprint density at radius 2 is 2.14 bits per heavy atom. The topological polar surface area (TPSA) is 61.2 Å². The van der Waals surface area contributed by atoms with Crippen LogP contribution in [0.1, 0.15) is 44.6 Å². The van der Waals surface area contributed by atoms with Crippen LogP contribution in [0.2, 0.25) is 5.02 Å². The van der Waals surface area contributed by atoms with Gasteiger partial charge in [-0.1, -0.05) is 31.4 Å². The number of nitrogens with zero attached hydrogens (tertiary/aromatic N) is 2. The molecule has 0 spiro atoms. The van der Waals surface area contributed by atoms with Gasteiger partial charge in [0, 0.05) is 12.6 Å². The zero-order valence-corrected chi connectivity index (χ0v) is 13.6. The van der Waals surface area contributed by atoms with Crippen molar-refractivity contribution < 1.29 is 8.42 Å². The molecule has 1 unspecified atom stereocenters. The van der Waals surface area contributed by atoms with E-state index in [2.05, 4.69) is 0 Å². The van der Waals surface area contributed by atoms with Crippen molar-refractivity contribution in [3.8, 4) is 6.07 Å². The normalized spacial score (nSPS) is 20.7. The molecule has 6 heteroatoms. The molecular weight excluding hydrogens is 308 g/mol. The molecule has 1 atom stereocenters. The first kappa shape index (κ1) is 16.3. The van der Waals surface area contributed by atoms with Crippen molar-refractivity contribution in [2.45, 2.75) is 50.0 Å². The van der Waals surface area contributed by atoms with Crippen LogP contribution >= 0.6 is 11.6 Å². The molecule has 2 rings (SSSR count). The lowest BCUT2D eigenvalue weighted by Crippen LogP contribution is -2.39. The Hall–Kier alpha value is -1.09. The molecule has 0 saturated carbocycles. The Kier molecular flexibility index (Phi) is 5.26. The number of halogens is 1. The molecule has 1 aromatic carbocycles.